The lowest BCUT2D eigenvalue weighted by Crippen LogP contribution is -2.34. The second-order valence-electron chi connectivity index (χ2n) is 6.55. The van der Waals surface area contributed by atoms with Gasteiger partial charge >= 0.3 is 0 Å². The number of ether oxygens (including phenoxy) is 3. The highest BCUT2D eigenvalue weighted by Crippen LogP contribution is 2.39. The highest BCUT2D eigenvalue weighted by molar-refractivity contribution is 8.24. The van der Waals surface area contributed by atoms with Crippen molar-refractivity contribution in [2.45, 2.75) is 18.3 Å². The van der Waals surface area contributed by atoms with E-state index in [4.69, 9.17) is 49.6 Å². The molecule has 1 fully saturated rings. The number of benzene rings is 2. The highest BCUT2D eigenvalue weighted by Gasteiger charge is 2.36. The first-order chi connectivity index (χ1) is 14.4. The quantitative estimate of drug-likeness (QED) is 0.465. The molecule has 1 atom stereocenters. The maximum absolute atomic E-state index is 12.7. The molecule has 0 unspecified atom stereocenters. The third-order valence-electron chi connectivity index (χ3n) is 4.56. The number of halogens is 2. The molecule has 0 aliphatic carbocycles. The number of hydrogen-bond acceptors (Lipinski definition) is 6. The van der Waals surface area contributed by atoms with Gasteiger partial charge in [0.1, 0.15) is 10.9 Å². The first-order valence-corrected chi connectivity index (χ1v) is 11.2. The van der Waals surface area contributed by atoms with Crippen molar-refractivity contribution in [3.8, 4) is 11.5 Å². The molecule has 9 heteroatoms. The van der Waals surface area contributed by atoms with Gasteiger partial charge < -0.3 is 14.2 Å². The normalized spacial score (nSPS) is 16.3. The summed E-state index contributed by atoms with van der Waals surface area (Å²) in [6.45, 7) is 1.15. The highest BCUT2D eigenvalue weighted by atomic mass is 35.5. The molecule has 2 aromatic rings. The largest absolute Gasteiger partial charge is 0.493 e. The maximum atomic E-state index is 12.7. The lowest BCUT2D eigenvalue weighted by atomic mass is 10.1. The topological polar surface area (TPSA) is 48.0 Å². The van der Waals surface area contributed by atoms with Gasteiger partial charge in [-0.05, 0) is 30.2 Å². The van der Waals surface area contributed by atoms with Crippen molar-refractivity contribution in [2.75, 3.05) is 27.4 Å². The Labute approximate surface area is 195 Å². The molecule has 0 saturated carbocycles. The molecule has 0 radical (unpaired) electrons. The zero-order valence-electron chi connectivity index (χ0n) is 16.5. The zero-order valence-corrected chi connectivity index (χ0v) is 19.7. The van der Waals surface area contributed by atoms with Gasteiger partial charge in [-0.15, -0.1) is 0 Å². The molecule has 1 heterocycles. The minimum Gasteiger partial charge on any atom is -0.493 e. The van der Waals surface area contributed by atoms with Gasteiger partial charge in [0.15, 0.2) is 11.5 Å². The summed E-state index contributed by atoms with van der Waals surface area (Å²) in [5.41, 5.74) is 1.71. The number of carbonyl (C=O) groups excluding carboxylic acids is 1. The van der Waals surface area contributed by atoms with E-state index < -0.39 is 0 Å². The number of thioether (sulfide) groups is 1. The Balaban J connectivity index is 1.73. The van der Waals surface area contributed by atoms with Crippen molar-refractivity contribution < 1.29 is 19.0 Å². The number of rotatable bonds is 9. The van der Waals surface area contributed by atoms with E-state index in [1.807, 2.05) is 24.3 Å². The van der Waals surface area contributed by atoms with E-state index in [0.29, 0.717) is 45.4 Å². The fraction of sp³-hybridized carbons (Fsp3) is 0.333. The second kappa shape index (κ2) is 10.7. The fourth-order valence-corrected chi connectivity index (χ4v) is 5.09. The van der Waals surface area contributed by atoms with Crippen molar-refractivity contribution in [2.24, 2.45) is 0 Å². The van der Waals surface area contributed by atoms with E-state index in [1.165, 1.54) is 11.8 Å². The van der Waals surface area contributed by atoms with Gasteiger partial charge in [0.25, 0.3) is 0 Å². The van der Waals surface area contributed by atoms with Crippen LogP contribution in [0.5, 0.6) is 11.5 Å². The Hall–Kier alpha value is -1.51. The minimum absolute atomic E-state index is 0.0174. The van der Waals surface area contributed by atoms with E-state index >= 15 is 0 Å². The van der Waals surface area contributed by atoms with Crippen LogP contribution < -0.4 is 9.47 Å². The van der Waals surface area contributed by atoms with E-state index in [2.05, 4.69) is 0 Å². The molecule has 1 amide bonds. The molecule has 0 bridgehead atoms. The van der Waals surface area contributed by atoms with Gasteiger partial charge in [-0.25, -0.2) is 0 Å². The molecule has 2 aromatic carbocycles. The molecular formula is C21H21Cl2NO4S2. The average molecular weight is 486 g/mol. The smallest absolute Gasteiger partial charge is 0.242 e. The van der Waals surface area contributed by atoms with E-state index in [-0.39, 0.29) is 17.8 Å². The average Bonchev–Trinajstić information content (AvgIpc) is 2.99. The molecule has 1 aliphatic rings. The zero-order chi connectivity index (χ0) is 21.7. The van der Waals surface area contributed by atoms with Crippen LogP contribution in [0.2, 0.25) is 10.0 Å². The first-order valence-electron chi connectivity index (χ1n) is 9.18. The van der Waals surface area contributed by atoms with Crippen molar-refractivity contribution in [3.63, 3.8) is 0 Å². The Kier molecular flexibility index (Phi) is 8.25. The van der Waals surface area contributed by atoms with Crippen LogP contribution in [0.1, 0.15) is 11.1 Å². The summed E-state index contributed by atoms with van der Waals surface area (Å²) < 4.78 is 17.0. The summed E-state index contributed by atoms with van der Waals surface area (Å²) in [5, 5.41) is 0.727. The minimum atomic E-state index is -0.301. The summed E-state index contributed by atoms with van der Waals surface area (Å²) in [7, 11) is 3.15. The van der Waals surface area contributed by atoms with Crippen LogP contribution in [0.4, 0.5) is 0 Å². The van der Waals surface area contributed by atoms with Crippen molar-refractivity contribution >= 4 is 57.4 Å². The van der Waals surface area contributed by atoms with Crippen LogP contribution in [-0.2, 0) is 22.6 Å². The van der Waals surface area contributed by atoms with Crippen LogP contribution in [0.3, 0.4) is 0 Å². The molecule has 3 rings (SSSR count). The SMILES string of the molecule is COCCN1C(=O)[C@H](Cc2cc(Cl)c(OCc3ccccc3Cl)c(OC)c2)SC1=S. The van der Waals surface area contributed by atoms with Crippen LogP contribution in [0, 0.1) is 0 Å². The first kappa shape index (κ1) is 23.2. The molecule has 0 aromatic heterocycles. The Morgan fingerprint density at radius 2 is 1.93 bits per heavy atom. The maximum Gasteiger partial charge on any atom is 0.242 e. The molecular weight excluding hydrogens is 465 g/mol. The van der Waals surface area contributed by atoms with Gasteiger partial charge in [0, 0.05) is 17.7 Å². The van der Waals surface area contributed by atoms with E-state index in [0.717, 1.165) is 11.1 Å². The van der Waals surface area contributed by atoms with Gasteiger partial charge in [0.2, 0.25) is 5.91 Å². The van der Waals surface area contributed by atoms with Gasteiger partial charge in [-0.2, -0.15) is 0 Å². The third-order valence-corrected chi connectivity index (χ3v) is 6.80. The van der Waals surface area contributed by atoms with Crippen LogP contribution in [-0.4, -0.2) is 47.7 Å². The van der Waals surface area contributed by atoms with Gasteiger partial charge in [-0.1, -0.05) is 65.4 Å². The molecule has 1 saturated heterocycles. The molecule has 160 valence electrons. The van der Waals surface area contributed by atoms with E-state index in [1.54, 1.807) is 31.3 Å². The summed E-state index contributed by atoms with van der Waals surface area (Å²) >= 11 is 19.4. The van der Waals surface area contributed by atoms with Gasteiger partial charge in [0.05, 0.1) is 30.5 Å². The van der Waals surface area contributed by atoms with Crippen molar-refractivity contribution in [1.29, 1.82) is 0 Å². The van der Waals surface area contributed by atoms with Crippen molar-refractivity contribution in [1.82, 2.24) is 4.90 Å². The standard InChI is InChI=1S/C21H21Cl2NO4S2/c1-26-8-7-24-20(25)18(30-21(24)29)11-13-9-16(23)19(17(10-13)27-2)28-12-14-5-3-4-6-15(14)22/h3-6,9-10,18H,7-8,11-12H2,1-2H3/t18-/m0/s1. The lowest BCUT2D eigenvalue weighted by Gasteiger charge is -2.16. The molecule has 30 heavy (non-hydrogen) atoms. The summed E-state index contributed by atoms with van der Waals surface area (Å²) in [5.74, 6) is 0.917. The van der Waals surface area contributed by atoms with Crippen LogP contribution in [0.15, 0.2) is 36.4 Å². The number of hydrogen-bond donors (Lipinski definition) is 0. The summed E-state index contributed by atoms with van der Waals surface area (Å²) in [6.07, 6.45) is 0.480. The van der Waals surface area contributed by atoms with Crippen molar-refractivity contribution in [3.05, 3.63) is 57.6 Å². The predicted octanol–water partition coefficient (Wildman–Crippen LogP) is 5.00. The van der Waals surface area contributed by atoms with E-state index in [9.17, 15) is 4.79 Å². The predicted molar refractivity (Wildman–Crippen MR) is 125 cm³/mol. The molecule has 5 nitrogen and oxygen atoms in total. The summed E-state index contributed by atoms with van der Waals surface area (Å²) in [6, 6.07) is 11.1. The van der Waals surface area contributed by atoms with Crippen LogP contribution >= 0.6 is 47.2 Å². The Bertz CT molecular complexity index is 941. The van der Waals surface area contributed by atoms with Gasteiger partial charge in [-0.3, -0.25) is 9.69 Å². The fourth-order valence-electron chi connectivity index (χ4n) is 3.02. The molecule has 1 aliphatic heterocycles. The third kappa shape index (κ3) is 5.39. The number of methoxy groups -OCH3 is 2. The Morgan fingerprint density at radius 3 is 2.63 bits per heavy atom. The number of carbonyl (C=O) groups is 1. The number of thiocarbonyl (C=S) groups is 1. The monoisotopic (exact) mass is 485 g/mol. The summed E-state index contributed by atoms with van der Waals surface area (Å²) in [4.78, 5) is 14.3. The number of nitrogens with zero attached hydrogens (tertiary/aromatic N) is 1. The second-order valence-corrected chi connectivity index (χ2v) is 9.20. The molecule has 0 spiro atoms. The lowest BCUT2D eigenvalue weighted by molar-refractivity contribution is -0.126. The number of amides is 1. The Morgan fingerprint density at radius 1 is 1.17 bits per heavy atom. The molecule has 0 N–H and O–H groups in total. The van der Waals surface area contributed by atoms with Crippen LogP contribution in [0.25, 0.3) is 0 Å².